The Kier molecular flexibility index (Phi) is 8.90. The summed E-state index contributed by atoms with van der Waals surface area (Å²) in [5.74, 6) is 0. The first-order chi connectivity index (χ1) is 38.1. The van der Waals surface area contributed by atoms with Gasteiger partial charge in [-0.15, -0.1) is 0 Å². The van der Waals surface area contributed by atoms with Gasteiger partial charge in [-0.25, -0.2) is 0 Å². The number of hydrogen-bond donors (Lipinski definition) is 0. The van der Waals surface area contributed by atoms with E-state index in [4.69, 9.17) is 4.42 Å². The van der Waals surface area contributed by atoms with Gasteiger partial charge in [-0.3, -0.25) is 0 Å². The average Bonchev–Trinajstić information content (AvgIpc) is 3.88. The lowest BCUT2D eigenvalue weighted by molar-refractivity contribution is 0.669. The molecule has 0 aliphatic rings. The van der Waals surface area contributed by atoms with Gasteiger partial charge in [0.25, 0.3) is 0 Å². The summed E-state index contributed by atoms with van der Waals surface area (Å²) in [5.41, 5.74) is 11.4. The van der Waals surface area contributed by atoms with Gasteiger partial charge < -0.3 is 4.42 Å². The van der Waals surface area contributed by atoms with E-state index in [0.717, 1.165) is 33.1 Å². The standard InChI is InChI=1S/C76H44O/c1-3-11-61-47(9-1)21-23-49-25-31-57-43-67(63-13-5-7-15-65(63)75(57)73(49)61)55-29-19-45-17-27-51(37-59(45)39-55)53-33-35-71-69(41-53)70-42-54(34-36-72(70)77-71)52-28-18-46-20-30-56(40-60(46)38-52)68-44-58-32-26-50-24-22-48-10-2-4-12-62(48)74(50)76(58)66-16-8-6-14-64(66)68/h1-44H. The van der Waals surface area contributed by atoms with Crippen LogP contribution in [0.4, 0.5) is 0 Å². The molecule has 0 aliphatic carbocycles. The molecule has 0 spiro atoms. The molecule has 0 saturated heterocycles. The topological polar surface area (TPSA) is 13.1 Å². The van der Waals surface area contributed by atoms with Crippen LogP contribution in [0.15, 0.2) is 271 Å². The van der Waals surface area contributed by atoms with E-state index in [-0.39, 0.29) is 0 Å². The minimum atomic E-state index is 0.889. The summed E-state index contributed by atoms with van der Waals surface area (Å²) in [5, 5.41) is 27.6. The zero-order valence-electron chi connectivity index (χ0n) is 41.8. The molecule has 354 valence electrons. The molecular weight excluding hydrogens is 929 g/mol. The predicted molar refractivity (Wildman–Crippen MR) is 331 cm³/mol. The maximum atomic E-state index is 6.52. The van der Waals surface area contributed by atoms with E-state index < -0.39 is 0 Å². The Morgan fingerprint density at radius 1 is 0.169 bits per heavy atom. The molecule has 0 saturated carbocycles. The van der Waals surface area contributed by atoms with Crippen molar-refractivity contribution in [3.05, 3.63) is 267 Å². The number of hydrogen-bond acceptors (Lipinski definition) is 1. The molecule has 17 rings (SSSR count). The lowest BCUT2D eigenvalue weighted by Gasteiger charge is -2.15. The van der Waals surface area contributed by atoms with Crippen molar-refractivity contribution in [1.82, 2.24) is 0 Å². The molecule has 0 amide bonds. The van der Waals surface area contributed by atoms with Gasteiger partial charge in [0.15, 0.2) is 0 Å². The molecule has 16 aromatic carbocycles. The van der Waals surface area contributed by atoms with Crippen LogP contribution in [0.2, 0.25) is 0 Å². The van der Waals surface area contributed by atoms with Crippen molar-refractivity contribution in [1.29, 1.82) is 0 Å². The van der Waals surface area contributed by atoms with E-state index in [1.807, 2.05) is 0 Å². The first-order valence-electron chi connectivity index (χ1n) is 26.7. The summed E-state index contributed by atoms with van der Waals surface area (Å²) in [7, 11) is 0. The Morgan fingerprint density at radius 2 is 0.481 bits per heavy atom. The molecule has 0 bridgehead atoms. The van der Waals surface area contributed by atoms with Crippen molar-refractivity contribution in [2.24, 2.45) is 0 Å². The molecule has 1 heterocycles. The molecule has 1 nitrogen and oxygen atoms in total. The Bertz CT molecular complexity index is 5070. The molecule has 77 heavy (non-hydrogen) atoms. The minimum absolute atomic E-state index is 0.889. The third kappa shape index (κ3) is 6.48. The van der Waals surface area contributed by atoms with Crippen LogP contribution < -0.4 is 0 Å². The van der Waals surface area contributed by atoms with Crippen molar-refractivity contribution in [3.8, 4) is 44.5 Å². The molecule has 1 heteroatoms. The highest BCUT2D eigenvalue weighted by Crippen LogP contribution is 2.45. The lowest BCUT2D eigenvalue weighted by atomic mass is 9.88. The highest BCUT2D eigenvalue weighted by atomic mass is 16.3. The SMILES string of the molecule is c1ccc2c(c1)ccc1ccc3cc(-c4ccc5ccc(-c6ccc7oc8ccc(-c9ccc%10ccc(-c%11cc%12ccc%13ccc%14ccccc%14c%13c%12c%12ccccc%11%12)cc%10c9)cc8c7c6)cc5c4)c4ccccc4c3c12. The molecule has 17 aromatic rings. The molecule has 0 atom stereocenters. The number of rotatable bonds is 4. The Balaban J connectivity index is 0.741. The lowest BCUT2D eigenvalue weighted by Crippen LogP contribution is -1.88. The fourth-order valence-electron chi connectivity index (χ4n) is 13.2. The smallest absolute Gasteiger partial charge is 0.135 e. The normalized spacial score (nSPS) is 12.2. The summed E-state index contributed by atoms with van der Waals surface area (Å²) in [6.45, 7) is 0. The van der Waals surface area contributed by atoms with Gasteiger partial charge in [-0.05, 0) is 213 Å². The highest BCUT2D eigenvalue weighted by Gasteiger charge is 2.17. The summed E-state index contributed by atoms with van der Waals surface area (Å²) in [6, 6.07) is 99.3. The van der Waals surface area contributed by atoms with Gasteiger partial charge >= 0.3 is 0 Å². The average molecular weight is 973 g/mol. The number of furan rings is 1. The second kappa shape index (κ2) is 16.2. The van der Waals surface area contributed by atoms with E-state index in [1.54, 1.807) is 0 Å². The molecular formula is C76H44O. The van der Waals surface area contributed by atoms with Crippen molar-refractivity contribution in [2.45, 2.75) is 0 Å². The number of fused-ring (bicyclic) bond motifs is 19. The van der Waals surface area contributed by atoms with Crippen LogP contribution in [-0.4, -0.2) is 0 Å². The fraction of sp³-hybridized carbons (Fsp3) is 0. The third-order valence-electron chi connectivity index (χ3n) is 16.9. The molecule has 0 radical (unpaired) electrons. The van der Waals surface area contributed by atoms with Crippen molar-refractivity contribution >= 4 is 130 Å². The molecule has 0 aliphatic heterocycles. The zero-order chi connectivity index (χ0) is 50.3. The van der Waals surface area contributed by atoms with Crippen molar-refractivity contribution in [3.63, 3.8) is 0 Å². The van der Waals surface area contributed by atoms with Gasteiger partial charge in [0.05, 0.1) is 0 Å². The maximum Gasteiger partial charge on any atom is 0.135 e. The van der Waals surface area contributed by atoms with Gasteiger partial charge in [0.2, 0.25) is 0 Å². The Hall–Kier alpha value is -10.1. The van der Waals surface area contributed by atoms with E-state index in [0.29, 0.717) is 0 Å². The second-order valence-electron chi connectivity index (χ2n) is 21.1. The summed E-state index contributed by atoms with van der Waals surface area (Å²) in [4.78, 5) is 0. The highest BCUT2D eigenvalue weighted by molar-refractivity contribution is 6.31. The summed E-state index contributed by atoms with van der Waals surface area (Å²) >= 11 is 0. The van der Waals surface area contributed by atoms with Crippen LogP contribution >= 0.6 is 0 Å². The van der Waals surface area contributed by atoms with Crippen LogP contribution in [-0.2, 0) is 0 Å². The largest absolute Gasteiger partial charge is 0.456 e. The third-order valence-corrected chi connectivity index (χ3v) is 16.9. The molecule has 0 N–H and O–H groups in total. The Morgan fingerprint density at radius 3 is 0.935 bits per heavy atom. The van der Waals surface area contributed by atoms with Crippen LogP contribution in [0, 0.1) is 0 Å². The van der Waals surface area contributed by atoms with Crippen molar-refractivity contribution < 1.29 is 4.42 Å². The van der Waals surface area contributed by atoms with E-state index in [9.17, 15) is 0 Å². The minimum Gasteiger partial charge on any atom is -0.456 e. The number of benzene rings is 16. The second-order valence-corrected chi connectivity index (χ2v) is 21.1. The quantitative estimate of drug-likeness (QED) is 0.160. The monoisotopic (exact) mass is 972 g/mol. The van der Waals surface area contributed by atoms with E-state index in [2.05, 4.69) is 267 Å². The molecule has 0 unspecified atom stereocenters. The molecule has 0 fully saturated rings. The van der Waals surface area contributed by atoms with E-state index in [1.165, 1.54) is 141 Å². The van der Waals surface area contributed by atoms with Gasteiger partial charge in [-0.1, -0.05) is 206 Å². The first-order valence-corrected chi connectivity index (χ1v) is 26.7. The Labute approximate surface area is 443 Å². The van der Waals surface area contributed by atoms with Crippen LogP contribution in [0.25, 0.3) is 174 Å². The van der Waals surface area contributed by atoms with Gasteiger partial charge in [0, 0.05) is 10.8 Å². The first kappa shape index (κ1) is 42.3. The fourth-order valence-corrected chi connectivity index (χ4v) is 13.2. The summed E-state index contributed by atoms with van der Waals surface area (Å²) in [6.07, 6.45) is 0. The van der Waals surface area contributed by atoms with Gasteiger partial charge in [-0.2, -0.15) is 0 Å². The van der Waals surface area contributed by atoms with Crippen LogP contribution in [0.3, 0.4) is 0 Å². The van der Waals surface area contributed by atoms with Gasteiger partial charge in [0.1, 0.15) is 11.2 Å². The predicted octanol–water partition coefficient (Wildman–Crippen LogP) is 21.8. The van der Waals surface area contributed by atoms with Crippen LogP contribution in [0.1, 0.15) is 0 Å². The zero-order valence-corrected chi connectivity index (χ0v) is 41.8. The van der Waals surface area contributed by atoms with E-state index >= 15 is 0 Å². The van der Waals surface area contributed by atoms with Crippen LogP contribution in [0.5, 0.6) is 0 Å². The molecule has 1 aromatic heterocycles. The van der Waals surface area contributed by atoms with Crippen molar-refractivity contribution in [2.75, 3.05) is 0 Å². The maximum absolute atomic E-state index is 6.52. The summed E-state index contributed by atoms with van der Waals surface area (Å²) < 4.78 is 6.52.